The maximum atomic E-state index is 9.91. The smallest absolute Gasteiger partial charge is 0.544 e. The first-order chi connectivity index (χ1) is 8.90. The Morgan fingerprint density at radius 2 is 1.70 bits per heavy atom. The van der Waals surface area contributed by atoms with Crippen molar-refractivity contribution in [3.63, 3.8) is 0 Å². The normalized spacial score (nSPS) is 10.3. The average molecular weight is 589 g/mol. The Hall–Kier alpha value is -0.562. The number of nitrogens with one attached hydrogen (secondary N) is 1. The van der Waals surface area contributed by atoms with E-state index in [0.29, 0.717) is 0 Å². The van der Waals surface area contributed by atoms with Gasteiger partial charge in [0, 0.05) is 12.7 Å². The van der Waals surface area contributed by atoms with E-state index >= 15 is 0 Å². The van der Waals surface area contributed by atoms with Crippen molar-refractivity contribution in [3.05, 3.63) is 39.1 Å². The van der Waals surface area contributed by atoms with Crippen molar-refractivity contribution in [2.45, 2.75) is 6.54 Å². The van der Waals surface area contributed by atoms with E-state index in [2.05, 4.69) is 42.2 Å². The molecule has 0 aromatic carbocycles. The summed E-state index contributed by atoms with van der Waals surface area (Å²) in [5, 5.41) is 22.8. The van der Waals surface area contributed by atoms with Gasteiger partial charge in [-0.1, -0.05) is 6.07 Å². The Kier molecular flexibility index (Phi) is 13.3. The van der Waals surface area contributed by atoms with Gasteiger partial charge in [0.1, 0.15) is 0 Å². The molecule has 1 heterocycles. The first-order valence-electron chi connectivity index (χ1n) is 4.92. The molecule has 0 saturated carbocycles. The van der Waals surface area contributed by atoms with Gasteiger partial charge < -0.3 is 25.1 Å². The number of carbonyl (C=O) groups is 2. The van der Waals surface area contributed by atoms with Crippen molar-refractivity contribution < 1.29 is 40.9 Å². The Morgan fingerprint density at radius 3 is 2.00 bits per heavy atom. The van der Waals surface area contributed by atoms with E-state index in [4.69, 9.17) is 0 Å². The fourth-order valence-electron chi connectivity index (χ4n) is 0.863. The topological polar surface area (TPSA) is 105 Å². The first kappa shape index (κ1) is 21.7. The second-order valence-electron chi connectivity index (χ2n) is 3.05. The molecule has 6 nitrogen and oxygen atoms in total. The van der Waals surface area contributed by atoms with Crippen LogP contribution >= 0.6 is 31.9 Å². The van der Waals surface area contributed by atoms with E-state index in [1.54, 1.807) is 6.20 Å². The number of aromatic nitrogens is 1. The van der Waals surface area contributed by atoms with Gasteiger partial charge >= 0.3 is 21.1 Å². The summed E-state index contributed by atoms with van der Waals surface area (Å²) in [7, 11) is 1.91. The molecular weight excluding hydrogens is 579 g/mol. The Labute approximate surface area is 147 Å². The van der Waals surface area contributed by atoms with Gasteiger partial charge in [-0.25, -0.2) is 0 Å². The number of carbonyl (C=O) groups excluding carboxylic acids is 2. The van der Waals surface area contributed by atoms with Gasteiger partial charge in [0.15, 0.2) is 0 Å². The number of hydrogen-bond acceptors (Lipinski definition) is 6. The van der Waals surface area contributed by atoms with Crippen LogP contribution in [0.2, 0.25) is 0 Å². The van der Waals surface area contributed by atoms with Crippen molar-refractivity contribution in [1.29, 1.82) is 0 Å². The number of rotatable bonds is 4. The van der Waals surface area contributed by atoms with Crippen molar-refractivity contribution in [3.8, 4) is 0 Å². The largest absolute Gasteiger partial charge is 2.00 e. The van der Waals surface area contributed by atoms with Crippen LogP contribution in [0.5, 0.6) is 0 Å². The molecule has 0 spiro atoms. The van der Waals surface area contributed by atoms with Crippen LogP contribution in [0.3, 0.4) is 0 Å². The Bertz CT molecular complexity index is 447. The minimum Gasteiger partial charge on any atom is -0.544 e. The van der Waals surface area contributed by atoms with Gasteiger partial charge in [0.2, 0.25) is 0 Å². The maximum absolute atomic E-state index is 9.91. The zero-order chi connectivity index (χ0) is 14.8. The van der Waals surface area contributed by atoms with Crippen LogP contribution < -0.4 is 15.5 Å². The van der Waals surface area contributed by atoms with Gasteiger partial charge in [0.25, 0.3) is 0 Å². The molecular formula is C11H10Br2N2O4Pt. The van der Waals surface area contributed by atoms with Crippen LogP contribution in [0.4, 0.5) is 0 Å². The molecule has 9 heteroatoms. The molecule has 0 bridgehead atoms. The summed E-state index contributed by atoms with van der Waals surface area (Å²) in [5.41, 5.74) is 1.08. The molecule has 1 N–H and O–H groups in total. The molecule has 1 aromatic heterocycles. The standard InChI is InChI=1S/C7H10N2.C4H2Br2O4.Pt/c1-8-6-7-4-2-3-5-9-7;5-1(3(7)8)2(6)4(9)10;/h2-5,8H,6H2,1H3;(H,7,8)(H,9,10);/q;;+2/p-2/b;2-1-;. The molecule has 1 rings (SSSR count). The minimum atomic E-state index is -1.61. The third-order valence-corrected chi connectivity index (χ3v) is 3.61. The second kappa shape index (κ2) is 12.2. The molecule has 0 fully saturated rings. The summed E-state index contributed by atoms with van der Waals surface area (Å²) >= 11 is 4.92. The van der Waals surface area contributed by atoms with E-state index < -0.39 is 20.9 Å². The van der Waals surface area contributed by atoms with Crippen molar-refractivity contribution in [2.75, 3.05) is 7.05 Å². The number of aliphatic carboxylic acids is 2. The van der Waals surface area contributed by atoms with Gasteiger partial charge in [-0.05, 0) is 51.0 Å². The Morgan fingerprint density at radius 1 is 1.20 bits per heavy atom. The van der Waals surface area contributed by atoms with E-state index in [-0.39, 0.29) is 21.1 Å². The molecule has 112 valence electrons. The van der Waals surface area contributed by atoms with Gasteiger partial charge in [-0.15, -0.1) is 0 Å². The average Bonchev–Trinajstić information content (AvgIpc) is 2.39. The number of halogens is 2. The summed E-state index contributed by atoms with van der Waals surface area (Å²) in [5.74, 6) is -3.23. The summed E-state index contributed by atoms with van der Waals surface area (Å²) in [6.45, 7) is 0.848. The molecule has 0 aliphatic rings. The van der Waals surface area contributed by atoms with Gasteiger partial charge in [0.05, 0.1) is 26.6 Å². The summed E-state index contributed by atoms with van der Waals surface area (Å²) in [6.07, 6.45) is 1.80. The van der Waals surface area contributed by atoms with E-state index in [9.17, 15) is 19.8 Å². The van der Waals surface area contributed by atoms with Crippen LogP contribution in [0, 0.1) is 0 Å². The fraction of sp³-hybridized carbons (Fsp3) is 0.182. The zero-order valence-electron chi connectivity index (χ0n) is 10.2. The third-order valence-electron chi connectivity index (χ3n) is 1.64. The monoisotopic (exact) mass is 587 g/mol. The molecule has 0 radical (unpaired) electrons. The maximum Gasteiger partial charge on any atom is 2.00 e. The Balaban J connectivity index is 0. The van der Waals surface area contributed by atoms with Crippen LogP contribution in [0.25, 0.3) is 0 Å². The van der Waals surface area contributed by atoms with E-state index in [1.165, 1.54) is 0 Å². The van der Waals surface area contributed by atoms with Gasteiger partial charge in [-0.2, -0.15) is 0 Å². The quantitative estimate of drug-likeness (QED) is 0.466. The fourth-order valence-corrected chi connectivity index (χ4v) is 1.19. The first-order valence-corrected chi connectivity index (χ1v) is 6.51. The van der Waals surface area contributed by atoms with Crippen LogP contribution in [-0.4, -0.2) is 24.0 Å². The second-order valence-corrected chi connectivity index (χ2v) is 4.64. The van der Waals surface area contributed by atoms with Crippen LogP contribution in [0.1, 0.15) is 5.69 Å². The van der Waals surface area contributed by atoms with Crippen molar-refractivity contribution in [2.24, 2.45) is 0 Å². The molecule has 20 heavy (non-hydrogen) atoms. The van der Waals surface area contributed by atoms with E-state index in [1.807, 2.05) is 25.2 Å². The third kappa shape index (κ3) is 9.36. The zero-order valence-corrected chi connectivity index (χ0v) is 15.6. The predicted molar refractivity (Wildman–Crippen MR) is 71.9 cm³/mol. The SMILES string of the molecule is CNCc1ccccn1.O=C([O-])/C(Br)=C(/Br)C(=O)[O-].[Pt+2]. The van der Waals surface area contributed by atoms with Crippen molar-refractivity contribution in [1.82, 2.24) is 10.3 Å². The molecule has 0 unspecified atom stereocenters. The molecule has 0 aliphatic carbocycles. The summed E-state index contributed by atoms with van der Waals surface area (Å²) in [6, 6.07) is 5.90. The summed E-state index contributed by atoms with van der Waals surface area (Å²) in [4.78, 5) is 23.9. The molecule has 0 aliphatic heterocycles. The van der Waals surface area contributed by atoms with E-state index in [0.717, 1.165) is 12.2 Å². The van der Waals surface area contributed by atoms with Crippen LogP contribution in [-0.2, 0) is 37.2 Å². The predicted octanol–water partition coefficient (Wildman–Crippen LogP) is -0.714. The number of hydrogen-bond donors (Lipinski definition) is 1. The van der Waals surface area contributed by atoms with Crippen LogP contribution in [0.15, 0.2) is 33.4 Å². The number of carboxylic acids is 2. The number of carboxylic acid groups (broad SMARTS) is 2. The molecule has 0 saturated heterocycles. The minimum absolute atomic E-state index is 0. The van der Waals surface area contributed by atoms with Crippen molar-refractivity contribution >= 4 is 43.8 Å². The number of pyridine rings is 1. The summed E-state index contributed by atoms with van der Waals surface area (Å²) < 4.78 is -1.15. The van der Waals surface area contributed by atoms with Gasteiger partial charge in [-0.3, -0.25) is 4.98 Å². The molecule has 0 amide bonds. The number of nitrogens with zero attached hydrogens (tertiary/aromatic N) is 1. The molecule has 1 aromatic rings. The molecule has 0 atom stereocenters.